The summed E-state index contributed by atoms with van der Waals surface area (Å²) in [6.07, 6.45) is 6.38. The van der Waals surface area contributed by atoms with Gasteiger partial charge in [0.15, 0.2) is 6.29 Å². The Bertz CT molecular complexity index is 1060. The standard InChI is InChI=1S/C30H41N3O6/c34-21-22-12-14-23(15-13-22)27-19-26(20-33-16-5-2-6-17-33)38-30(39-27)24-8-7-9-25(18-24)31-28(35)10-3-1-4-11-29(36)32-37/h7-9,12-15,18,26-27,30,34,37H,1-6,10-11,16-17,19-21H2,(H,31,35)(H,32,36)/t26-,27+,30+/m0/s1. The number of anilines is 1. The van der Waals surface area contributed by atoms with E-state index < -0.39 is 12.2 Å². The monoisotopic (exact) mass is 539 g/mol. The van der Waals surface area contributed by atoms with Gasteiger partial charge >= 0.3 is 0 Å². The maximum absolute atomic E-state index is 12.5. The minimum atomic E-state index is -0.564. The fraction of sp³-hybridized carbons (Fsp3) is 0.533. The number of ether oxygens (including phenoxy) is 2. The molecular weight excluding hydrogens is 498 g/mol. The molecule has 9 heteroatoms. The fourth-order valence-electron chi connectivity index (χ4n) is 5.25. The van der Waals surface area contributed by atoms with Crippen LogP contribution < -0.4 is 10.8 Å². The fourth-order valence-corrected chi connectivity index (χ4v) is 5.25. The first-order valence-corrected chi connectivity index (χ1v) is 14.1. The Morgan fingerprint density at radius 1 is 0.897 bits per heavy atom. The van der Waals surface area contributed by atoms with Crippen molar-refractivity contribution in [1.82, 2.24) is 10.4 Å². The second-order valence-corrected chi connectivity index (χ2v) is 10.5. The Morgan fingerprint density at radius 2 is 1.64 bits per heavy atom. The zero-order valence-electron chi connectivity index (χ0n) is 22.5. The van der Waals surface area contributed by atoms with Gasteiger partial charge in [-0.3, -0.25) is 14.8 Å². The smallest absolute Gasteiger partial charge is 0.243 e. The van der Waals surface area contributed by atoms with Crippen molar-refractivity contribution in [1.29, 1.82) is 0 Å². The van der Waals surface area contributed by atoms with Gasteiger partial charge < -0.3 is 24.8 Å². The maximum Gasteiger partial charge on any atom is 0.243 e. The van der Waals surface area contributed by atoms with E-state index in [9.17, 15) is 14.7 Å². The van der Waals surface area contributed by atoms with E-state index in [1.807, 2.05) is 48.5 Å². The lowest BCUT2D eigenvalue weighted by Crippen LogP contribution is -2.41. The largest absolute Gasteiger partial charge is 0.392 e. The van der Waals surface area contributed by atoms with E-state index in [-0.39, 0.29) is 31.1 Å². The van der Waals surface area contributed by atoms with E-state index in [4.69, 9.17) is 14.7 Å². The van der Waals surface area contributed by atoms with Crippen LogP contribution in [0.4, 0.5) is 5.69 Å². The molecule has 2 aliphatic rings. The molecule has 0 unspecified atom stereocenters. The van der Waals surface area contributed by atoms with Crippen molar-refractivity contribution < 1.29 is 29.4 Å². The second-order valence-electron chi connectivity index (χ2n) is 10.5. The van der Waals surface area contributed by atoms with Crippen molar-refractivity contribution in [2.75, 3.05) is 25.0 Å². The molecule has 3 atom stereocenters. The average molecular weight is 540 g/mol. The van der Waals surface area contributed by atoms with Crippen molar-refractivity contribution in [2.24, 2.45) is 0 Å². The van der Waals surface area contributed by atoms with Crippen LogP contribution in [0.1, 0.15) is 86.9 Å². The number of hydroxylamine groups is 1. The third-order valence-electron chi connectivity index (χ3n) is 7.40. The lowest BCUT2D eigenvalue weighted by atomic mass is 9.99. The molecule has 0 spiro atoms. The Kier molecular flexibility index (Phi) is 11.3. The summed E-state index contributed by atoms with van der Waals surface area (Å²) in [6.45, 7) is 3.06. The van der Waals surface area contributed by atoms with Crippen molar-refractivity contribution >= 4 is 17.5 Å². The van der Waals surface area contributed by atoms with Gasteiger partial charge in [-0.2, -0.15) is 0 Å². The molecule has 2 fully saturated rings. The predicted octanol–water partition coefficient (Wildman–Crippen LogP) is 4.60. The van der Waals surface area contributed by atoms with Gasteiger partial charge in [0.2, 0.25) is 11.8 Å². The zero-order valence-corrected chi connectivity index (χ0v) is 22.5. The Labute approximate surface area is 230 Å². The number of likely N-dealkylation sites (tertiary alicyclic amines) is 1. The van der Waals surface area contributed by atoms with Gasteiger partial charge in [0.25, 0.3) is 0 Å². The van der Waals surface area contributed by atoms with Crippen molar-refractivity contribution in [3.8, 4) is 0 Å². The highest BCUT2D eigenvalue weighted by molar-refractivity contribution is 5.90. The molecule has 2 aliphatic heterocycles. The van der Waals surface area contributed by atoms with Gasteiger partial charge in [-0.05, 0) is 62.0 Å². The summed E-state index contributed by atoms with van der Waals surface area (Å²) < 4.78 is 13.0. The predicted molar refractivity (Wildman–Crippen MR) is 147 cm³/mol. The van der Waals surface area contributed by atoms with Crippen LogP contribution in [0.15, 0.2) is 48.5 Å². The molecule has 9 nitrogen and oxygen atoms in total. The highest BCUT2D eigenvalue weighted by Crippen LogP contribution is 2.38. The van der Waals surface area contributed by atoms with E-state index in [1.165, 1.54) is 19.3 Å². The van der Waals surface area contributed by atoms with Crippen molar-refractivity contribution in [3.05, 3.63) is 65.2 Å². The van der Waals surface area contributed by atoms with E-state index in [0.717, 1.165) is 49.2 Å². The van der Waals surface area contributed by atoms with Gasteiger partial charge in [0, 0.05) is 37.1 Å². The number of rotatable bonds is 12. The number of benzene rings is 2. The van der Waals surface area contributed by atoms with Crippen molar-refractivity contribution in [3.63, 3.8) is 0 Å². The lowest BCUT2D eigenvalue weighted by molar-refractivity contribution is -0.253. The summed E-state index contributed by atoms with van der Waals surface area (Å²) in [5.41, 5.74) is 5.08. The molecule has 0 aliphatic carbocycles. The van der Waals surface area contributed by atoms with Gasteiger partial charge in [-0.25, -0.2) is 5.48 Å². The number of piperidine rings is 1. The number of carbonyl (C=O) groups excluding carboxylic acids is 2. The number of carbonyl (C=O) groups is 2. The van der Waals surface area contributed by atoms with Gasteiger partial charge in [0.1, 0.15) is 0 Å². The summed E-state index contributed by atoms with van der Waals surface area (Å²) in [5.74, 6) is -0.500. The van der Waals surface area contributed by atoms with Crippen LogP contribution in [0.5, 0.6) is 0 Å². The zero-order chi connectivity index (χ0) is 27.5. The number of aliphatic hydroxyl groups excluding tert-OH is 1. The molecule has 4 N–H and O–H groups in total. The summed E-state index contributed by atoms with van der Waals surface area (Å²) in [4.78, 5) is 26.1. The maximum atomic E-state index is 12.5. The second kappa shape index (κ2) is 15.1. The topological polar surface area (TPSA) is 120 Å². The number of unbranched alkanes of at least 4 members (excludes halogenated alkanes) is 2. The van der Waals surface area contributed by atoms with Crippen LogP contribution in [-0.4, -0.2) is 52.8 Å². The Morgan fingerprint density at radius 3 is 2.36 bits per heavy atom. The molecular formula is C30H41N3O6. The third kappa shape index (κ3) is 9.12. The van der Waals surface area contributed by atoms with Crippen molar-refractivity contribution in [2.45, 2.75) is 82.9 Å². The number of amides is 2. The third-order valence-corrected chi connectivity index (χ3v) is 7.40. The molecule has 0 saturated carbocycles. The number of hydrogen-bond donors (Lipinski definition) is 4. The van der Waals surface area contributed by atoms with Gasteiger partial charge in [-0.15, -0.1) is 0 Å². The highest BCUT2D eigenvalue weighted by Gasteiger charge is 2.33. The quantitative estimate of drug-likeness (QED) is 0.177. The molecule has 0 aromatic heterocycles. The molecule has 2 aromatic carbocycles. The van der Waals surface area contributed by atoms with Gasteiger partial charge in [0.05, 0.1) is 18.8 Å². The van der Waals surface area contributed by atoms with Crippen LogP contribution in [0, 0.1) is 0 Å². The van der Waals surface area contributed by atoms with Crippen LogP contribution in [0.3, 0.4) is 0 Å². The van der Waals surface area contributed by atoms with E-state index in [2.05, 4.69) is 10.2 Å². The first-order chi connectivity index (χ1) is 19.0. The van der Waals surface area contributed by atoms with Crippen LogP contribution in [-0.2, 0) is 25.7 Å². The minimum absolute atomic E-state index is 0.00844. The first-order valence-electron chi connectivity index (χ1n) is 14.1. The summed E-state index contributed by atoms with van der Waals surface area (Å²) in [6, 6.07) is 15.5. The molecule has 0 bridgehead atoms. The molecule has 0 radical (unpaired) electrons. The van der Waals surface area contributed by atoms with Crippen LogP contribution in [0.25, 0.3) is 0 Å². The molecule has 2 heterocycles. The van der Waals surface area contributed by atoms with E-state index >= 15 is 0 Å². The molecule has 2 saturated heterocycles. The molecule has 39 heavy (non-hydrogen) atoms. The first kappa shape index (κ1) is 29.2. The molecule has 2 aromatic rings. The van der Waals surface area contributed by atoms with Crippen LogP contribution in [0.2, 0.25) is 0 Å². The number of aliphatic hydroxyl groups is 1. The number of nitrogens with zero attached hydrogens (tertiary/aromatic N) is 1. The molecule has 212 valence electrons. The summed E-state index contributed by atoms with van der Waals surface area (Å²) in [5, 5.41) is 20.9. The SMILES string of the molecule is O=C(CCCCCC(=O)Nc1cccc([C@@H]2O[C@H](CN3CCCCC3)C[C@H](c3ccc(CO)cc3)O2)c1)NO. The van der Waals surface area contributed by atoms with Gasteiger partial charge in [-0.1, -0.05) is 49.2 Å². The lowest BCUT2D eigenvalue weighted by Gasteiger charge is -2.39. The minimum Gasteiger partial charge on any atom is -0.392 e. The highest BCUT2D eigenvalue weighted by atomic mass is 16.7. The average Bonchev–Trinajstić information content (AvgIpc) is 2.97. The van der Waals surface area contributed by atoms with E-state index in [0.29, 0.717) is 24.9 Å². The molecule has 4 rings (SSSR count). The summed E-state index contributed by atoms with van der Waals surface area (Å²) >= 11 is 0. The summed E-state index contributed by atoms with van der Waals surface area (Å²) in [7, 11) is 0. The Hall–Kier alpha value is -2.82. The normalized spacial score (nSPS) is 21.8. The number of hydrogen-bond acceptors (Lipinski definition) is 7. The van der Waals surface area contributed by atoms with E-state index in [1.54, 1.807) is 5.48 Å². The Balaban J connectivity index is 1.39. The molecule has 2 amide bonds. The van der Waals surface area contributed by atoms with Crippen LogP contribution >= 0.6 is 0 Å². The number of nitrogens with one attached hydrogen (secondary N) is 2.